The second-order valence-corrected chi connectivity index (χ2v) is 4.01. The zero-order valence-corrected chi connectivity index (χ0v) is 11.0. The zero-order valence-electron chi connectivity index (χ0n) is 11.0. The lowest BCUT2D eigenvalue weighted by Crippen LogP contribution is -2.00. The highest BCUT2D eigenvalue weighted by atomic mass is 16.5. The molecule has 1 aromatic heterocycles. The van der Waals surface area contributed by atoms with Gasteiger partial charge in [0, 0.05) is 18.1 Å². The molecule has 0 saturated carbocycles. The highest BCUT2D eigenvalue weighted by Gasteiger charge is 2.11. The second kappa shape index (κ2) is 6.19. The number of aryl methyl sites for hydroxylation is 1. The predicted octanol–water partition coefficient (Wildman–Crippen LogP) is 1.65. The third-order valence-corrected chi connectivity index (χ3v) is 2.67. The van der Waals surface area contributed by atoms with E-state index in [-0.39, 0.29) is 0 Å². The summed E-state index contributed by atoms with van der Waals surface area (Å²) in [5, 5.41) is 3.95. The quantitative estimate of drug-likeness (QED) is 0.853. The van der Waals surface area contributed by atoms with Crippen molar-refractivity contribution < 1.29 is 14.0 Å². The third-order valence-electron chi connectivity index (χ3n) is 2.67. The Hall–Kier alpha value is -2.08. The van der Waals surface area contributed by atoms with Gasteiger partial charge in [-0.3, -0.25) is 0 Å². The molecule has 1 heterocycles. The zero-order chi connectivity index (χ0) is 13.7. The number of benzene rings is 1. The molecule has 0 radical (unpaired) electrons. The Labute approximate surface area is 111 Å². The summed E-state index contributed by atoms with van der Waals surface area (Å²) in [5.74, 6) is 2.47. The van der Waals surface area contributed by atoms with Crippen LogP contribution in [0.1, 0.15) is 12.3 Å². The first kappa shape index (κ1) is 13.4. The molecular weight excluding hydrogens is 246 g/mol. The molecule has 2 aromatic rings. The van der Waals surface area contributed by atoms with Gasteiger partial charge in [0.25, 0.3) is 0 Å². The minimum Gasteiger partial charge on any atom is -0.497 e. The van der Waals surface area contributed by atoms with E-state index in [1.807, 2.05) is 12.1 Å². The minimum absolute atomic E-state index is 0.518. The average molecular weight is 263 g/mol. The van der Waals surface area contributed by atoms with Gasteiger partial charge in [0.1, 0.15) is 11.5 Å². The van der Waals surface area contributed by atoms with Crippen molar-refractivity contribution in [3.8, 4) is 22.9 Å². The third kappa shape index (κ3) is 3.23. The molecule has 0 spiro atoms. The van der Waals surface area contributed by atoms with E-state index in [1.54, 1.807) is 20.3 Å². The molecule has 1 aromatic carbocycles. The van der Waals surface area contributed by atoms with Crippen LogP contribution >= 0.6 is 0 Å². The molecule has 0 bridgehead atoms. The summed E-state index contributed by atoms with van der Waals surface area (Å²) in [5.41, 5.74) is 6.24. The van der Waals surface area contributed by atoms with Gasteiger partial charge in [-0.05, 0) is 25.1 Å². The summed E-state index contributed by atoms with van der Waals surface area (Å²) in [6, 6.07) is 5.46. The molecule has 0 saturated heterocycles. The molecule has 6 nitrogen and oxygen atoms in total. The van der Waals surface area contributed by atoms with Crippen molar-refractivity contribution in [1.82, 2.24) is 10.1 Å². The molecule has 0 unspecified atom stereocenters. The van der Waals surface area contributed by atoms with Crippen LogP contribution in [0, 0.1) is 0 Å². The van der Waals surface area contributed by atoms with E-state index in [1.165, 1.54) is 0 Å². The van der Waals surface area contributed by atoms with Crippen LogP contribution in [-0.2, 0) is 6.42 Å². The maximum absolute atomic E-state index is 5.45. The summed E-state index contributed by atoms with van der Waals surface area (Å²) in [6.07, 6.45) is 1.51. The Morgan fingerprint density at radius 1 is 1.16 bits per heavy atom. The maximum Gasteiger partial charge on any atom is 0.227 e. The van der Waals surface area contributed by atoms with Crippen LogP contribution in [0.4, 0.5) is 0 Å². The topological polar surface area (TPSA) is 83.4 Å². The molecule has 0 atom stereocenters. The fourth-order valence-corrected chi connectivity index (χ4v) is 1.66. The van der Waals surface area contributed by atoms with Crippen LogP contribution in [0.3, 0.4) is 0 Å². The number of nitrogens with two attached hydrogens (primary N) is 1. The summed E-state index contributed by atoms with van der Waals surface area (Å²) in [4.78, 5) is 4.32. The Kier molecular flexibility index (Phi) is 4.35. The van der Waals surface area contributed by atoms with E-state index in [0.29, 0.717) is 36.2 Å². The SMILES string of the molecule is COc1cc(OC)cc(-c2noc(CCCN)n2)c1. The smallest absolute Gasteiger partial charge is 0.227 e. The van der Waals surface area contributed by atoms with Crippen LogP contribution in [0.15, 0.2) is 22.7 Å². The van der Waals surface area contributed by atoms with Crippen LogP contribution in [-0.4, -0.2) is 30.9 Å². The summed E-state index contributed by atoms with van der Waals surface area (Å²) >= 11 is 0. The molecular formula is C13H17N3O3. The van der Waals surface area contributed by atoms with Crippen molar-refractivity contribution in [2.45, 2.75) is 12.8 Å². The van der Waals surface area contributed by atoms with Crippen LogP contribution in [0.5, 0.6) is 11.5 Å². The number of nitrogens with zero attached hydrogens (tertiary/aromatic N) is 2. The first-order valence-electron chi connectivity index (χ1n) is 6.03. The maximum atomic E-state index is 5.45. The van der Waals surface area contributed by atoms with Crippen LogP contribution < -0.4 is 15.2 Å². The lowest BCUT2D eigenvalue weighted by molar-refractivity contribution is 0.376. The first-order valence-corrected chi connectivity index (χ1v) is 6.03. The van der Waals surface area contributed by atoms with Crippen molar-refractivity contribution in [3.63, 3.8) is 0 Å². The standard InChI is InChI=1S/C13H17N3O3/c1-17-10-6-9(7-11(8-10)18-2)13-15-12(19-16-13)4-3-5-14/h6-8H,3-5,14H2,1-2H3. The van der Waals surface area contributed by atoms with Crippen LogP contribution in [0.2, 0.25) is 0 Å². The van der Waals surface area contributed by atoms with E-state index in [2.05, 4.69) is 10.1 Å². The number of aromatic nitrogens is 2. The molecule has 6 heteroatoms. The fraction of sp³-hybridized carbons (Fsp3) is 0.385. The molecule has 2 rings (SSSR count). The van der Waals surface area contributed by atoms with Gasteiger partial charge in [-0.15, -0.1) is 0 Å². The van der Waals surface area contributed by atoms with Crippen molar-refractivity contribution in [1.29, 1.82) is 0 Å². The van der Waals surface area contributed by atoms with Gasteiger partial charge in [0.2, 0.25) is 11.7 Å². The molecule has 0 fully saturated rings. The molecule has 0 aliphatic carbocycles. The largest absolute Gasteiger partial charge is 0.497 e. The Bertz CT molecular complexity index is 517. The van der Waals surface area contributed by atoms with Gasteiger partial charge in [0.05, 0.1) is 14.2 Å². The van der Waals surface area contributed by atoms with Crippen molar-refractivity contribution in [3.05, 3.63) is 24.1 Å². The molecule has 0 amide bonds. The van der Waals surface area contributed by atoms with E-state index >= 15 is 0 Å². The minimum atomic E-state index is 0.518. The Morgan fingerprint density at radius 2 is 1.84 bits per heavy atom. The van der Waals surface area contributed by atoms with Crippen LogP contribution in [0.25, 0.3) is 11.4 Å². The number of hydrogen-bond acceptors (Lipinski definition) is 6. The van der Waals surface area contributed by atoms with E-state index in [0.717, 1.165) is 12.0 Å². The van der Waals surface area contributed by atoms with Gasteiger partial charge >= 0.3 is 0 Å². The molecule has 102 valence electrons. The van der Waals surface area contributed by atoms with E-state index < -0.39 is 0 Å². The number of ether oxygens (including phenoxy) is 2. The lowest BCUT2D eigenvalue weighted by atomic mass is 10.2. The summed E-state index contributed by atoms with van der Waals surface area (Å²) in [7, 11) is 3.20. The molecule has 19 heavy (non-hydrogen) atoms. The number of hydrogen-bond donors (Lipinski definition) is 1. The van der Waals surface area contributed by atoms with Gasteiger partial charge in [0.15, 0.2) is 0 Å². The Morgan fingerprint density at radius 3 is 2.42 bits per heavy atom. The summed E-state index contributed by atoms with van der Waals surface area (Å²) in [6.45, 7) is 0.602. The summed E-state index contributed by atoms with van der Waals surface area (Å²) < 4.78 is 15.6. The molecule has 0 aliphatic rings. The Balaban J connectivity index is 2.27. The van der Waals surface area contributed by atoms with Crippen molar-refractivity contribution in [2.24, 2.45) is 5.73 Å². The average Bonchev–Trinajstić information content (AvgIpc) is 2.93. The van der Waals surface area contributed by atoms with Gasteiger partial charge < -0.3 is 19.7 Å². The first-order chi connectivity index (χ1) is 9.26. The normalized spacial score (nSPS) is 10.5. The van der Waals surface area contributed by atoms with Crippen molar-refractivity contribution >= 4 is 0 Å². The van der Waals surface area contributed by atoms with Crippen molar-refractivity contribution in [2.75, 3.05) is 20.8 Å². The lowest BCUT2D eigenvalue weighted by Gasteiger charge is -2.05. The highest BCUT2D eigenvalue weighted by Crippen LogP contribution is 2.28. The fourth-order valence-electron chi connectivity index (χ4n) is 1.66. The van der Waals surface area contributed by atoms with E-state index in [9.17, 15) is 0 Å². The second-order valence-electron chi connectivity index (χ2n) is 4.01. The monoisotopic (exact) mass is 263 g/mol. The predicted molar refractivity (Wildman–Crippen MR) is 70.2 cm³/mol. The van der Waals surface area contributed by atoms with Gasteiger partial charge in [-0.1, -0.05) is 5.16 Å². The highest BCUT2D eigenvalue weighted by molar-refractivity contribution is 5.60. The van der Waals surface area contributed by atoms with Gasteiger partial charge in [-0.25, -0.2) is 0 Å². The van der Waals surface area contributed by atoms with Gasteiger partial charge in [-0.2, -0.15) is 4.98 Å². The number of rotatable bonds is 6. The van der Waals surface area contributed by atoms with E-state index in [4.69, 9.17) is 19.7 Å². The number of methoxy groups -OCH3 is 2. The molecule has 2 N–H and O–H groups in total. The molecule has 0 aliphatic heterocycles.